The van der Waals surface area contributed by atoms with Crippen molar-refractivity contribution in [3.63, 3.8) is 0 Å². The van der Waals surface area contributed by atoms with Crippen LogP contribution in [-0.4, -0.2) is 54.5 Å². The molecule has 0 radical (unpaired) electrons. The number of halogens is 3. The molecule has 4 rings (SSSR count). The second-order valence-corrected chi connectivity index (χ2v) is 7.72. The van der Waals surface area contributed by atoms with Crippen LogP contribution in [-0.2, 0) is 11.3 Å². The lowest BCUT2D eigenvalue weighted by atomic mass is 10.1. The molecule has 2 aromatic rings. The molecule has 10 heteroatoms. The molecule has 2 atom stereocenters. The van der Waals surface area contributed by atoms with E-state index in [0.717, 1.165) is 17.8 Å². The number of benzene rings is 1. The Labute approximate surface area is 163 Å². The summed E-state index contributed by atoms with van der Waals surface area (Å²) in [6, 6.07) is 6.08. The number of hydrogen-bond acceptors (Lipinski definition) is 6. The summed E-state index contributed by atoms with van der Waals surface area (Å²) in [6.07, 6.45) is -4.00. The molecule has 0 bridgehead atoms. The first-order chi connectivity index (χ1) is 13.4. The predicted molar refractivity (Wildman–Crippen MR) is 96.2 cm³/mol. The number of aromatic nitrogens is 1. The van der Waals surface area contributed by atoms with Gasteiger partial charge in [-0.3, -0.25) is 4.79 Å². The Morgan fingerprint density at radius 3 is 2.86 bits per heavy atom. The molecule has 1 N–H and O–H groups in total. The van der Waals surface area contributed by atoms with Crippen molar-refractivity contribution in [2.24, 2.45) is 0 Å². The van der Waals surface area contributed by atoms with Gasteiger partial charge in [-0.05, 0) is 18.6 Å². The monoisotopic (exact) mass is 413 g/mol. The smallest absolute Gasteiger partial charge is 0.405 e. The quantitative estimate of drug-likeness (QED) is 0.817. The summed E-state index contributed by atoms with van der Waals surface area (Å²) in [4.78, 5) is 19.5. The summed E-state index contributed by atoms with van der Waals surface area (Å²) in [7, 11) is 1.64. The van der Waals surface area contributed by atoms with Crippen molar-refractivity contribution in [3.05, 3.63) is 34.8 Å². The van der Waals surface area contributed by atoms with Gasteiger partial charge in [-0.15, -0.1) is 24.5 Å². The Morgan fingerprint density at radius 1 is 1.36 bits per heavy atom. The number of rotatable bonds is 5. The highest BCUT2D eigenvalue weighted by Crippen LogP contribution is 2.40. The zero-order valence-corrected chi connectivity index (χ0v) is 15.8. The summed E-state index contributed by atoms with van der Waals surface area (Å²) < 4.78 is 47.2. The summed E-state index contributed by atoms with van der Waals surface area (Å²) in [6.45, 7) is 1.63. The number of hydrogen-bond donors (Lipinski definition) is 1. The van der Waals surface area contributed by atoms with E-state index in [9.17, 15) is 18.0 Å². The van der Waals surface area contributed by atoms with E-state index in [1.54, 1.807) is 18.1 Å². The summed E-state index contributed by atoms with van der Waals surface area (Å²) >= 11 is 1.10. The number of nitrogens with one attached hydrogen (secondary N) is 1. The molecule has 3 heterocycles. The molecule has 0 unspecified atom stereocenters. The summed E-state index contributed by atoms with van der Waals surface area (Å²) in [5.74, 6) is -0.452. The number of methoxy groups -OCH3 is 1. The van der Waals surface area contributed by atoms with Crippen LogP contribution in [0.25, 0.3) is 10.6 Å². The molecule has 2 aliphatic heterocycles. The molecule has 0 aliphatic carbocycles. The number of ether oxygens (including phenoxy) is 2. The van der Waals surface area contributed by atoms with E-state index < -0.39 is 6.36 Å². The van der Waals surface area contributed by atoms with Crippen LogP contribution >= 0.6 is 11.3 Å². The number of thiazole rings is 1. The molecular formula is C18H18F3N3O3S. The van der Waals surface area contributed by atoms with Crippen molar-refractivity contribution in [3.8, 4) is 16.3 Å². The Bertz CT molecular complexity index is 886. The van der Waals surface area contributed by atoms with Crippen LogP contribution in [0.5, 0.6) is 5.75 Å². The number of nitrogens with zero attached hydrogens (tertiary/aromatic N) is 2. The maximum absolute atomic E-state index is 12.8. The van der Waals surface area contributed by atoms with E-state index in [1.807, 2.05) is 0 Å². The molecule has 1 aromatic carbocycles. The molecule has 1 saturated heterocycles. The second-order valence-electron chi connectivity index (χ2n) is 6.72. The molecule has 0 saturated carbocycles. The van der Waals surface area contributed by atoms with E-state index in [4.69, 9.17) is 4.74 Å². The number of carbonyl (C=O) groups excluding carboxylic acids is 1. The lowest BCUT2D eigenvalue weighted by Crippen LogP contribution is -2.36. The van der Waals surface area contributed by atoms with Crippen molar-refractivity contribution >= 4 is 17.2 Å². The third-order valence-corrected chi connectivity index (χ3v) is 5.94. The van der Waals surface area contributed by atoms with E-state index >= 15 is 0 Å². The molecule has 2 aliphatic rings. The topological polar surface area (TPSA) is 63.7 Å². The third-order valence-electron chi connectivity index (χ3n) is 4.82. The molecule has 28 heavy (non-hydrogen) atoms. The van der Waals surface area contributed by atoms with Gasteiger partial charge < -0.3 is 19.7 Å². The van der Waals surface area contributed by atoms with Crippen molar-refractivity contribution in [1.29, 1.82) is 0 Å². The van der Waals surface area contributed by atoms with Gasteiger partial charge in [-0.2, -0.15) is 0 Å². The zero-order chi connectivity index (χ0) is 19.9. The van der Waals surface area contributed by atoms with E-state index in [0.29, 0.717) is 35.3 Å². The van der Waals surface area contributed by atoms with Crippen molar-refractivity contribution in [1.82, 2.24) is 15.2 Å². The molecular weight excluding hydrogens is 395 g/mol. The fraction of sp³-hybridized carbons (Fsp3) is 0.444. The number of amides is 1. The van der Waals surface area contributed by atoms with Crippen molar-refractivity contribution in [2.45, 2.75) is 31.4 Å². The minimum atomic E-state index is -4.79. The fourth-order valence-electron chi connectivity index (χ4n) is 3.62. The van der Waals surface area contributed by atoms with Gasteiger partial charge in [0.15, 0.2) is 0 Å². The van der Waals surface area contributed by atoms with Gasteiger partial charge in [-0.25, -0.2) is 4.98 Å². The first kappa shape index (κ1) is 19.2. The van der Waals surface area contributed by atoms with Gasteiger partial charge in [0.05, 0.1) is 24.4 Å². The first-order valence-corrected chi connectivity index (χ1v) is 9.55. The average Bonchev–Trinajstić information content (AvgIpc) is 3.31. The highest BCUT2D eigenvalue weighted by molar-refractivity contribution is 7.17. The minimum absolute atomic E-state index is 0.0540. The van der Waals surface area contributed by atoms with E-state index in [-0.39, 0.29) is 29.3 Å². The second kappa shape index (κ2) is 7.34. The van der Waals surface area contributed by atoms with Crippen LogP contribution in [0.1, 0.15) is 21.8 Å². The minimum Gasteiger partial charge on any atom is -0.405 e. The van der Waals surface area contributed by atoms with Gasteiger partial charge in [0.1, 0.15) is 15.6 Å². The van der Waals surface area contributed by atoms with Crippen LogP contribution < -0.4 is 10.1 Å². The molecule has 6 nitrogen and oxygen atoms in total. The van der Waals surface area contributed by atoms with Gasteiger partial charge in [0.25, 0.3) is 5.91 Å². The molecule has 1 aromatic heterocycles. The zero-order valence-electron chi connectivity index (χ0n) is 15.0. The van der Waals surface area contributed by atoms with E-state index in [2.05, 4.69) is 15.0 Å². The van der Waals surface area contributed by atoms with Crippen LogP contribution in [0.3, 0.4) is 0 Å². The number of carbonyl (C=O) groups is 1. The van der Waals surface area contributed by atoms with Crippen LogP contribution in [0.2, 0.25) is 0 Å². The molecule has 0 spiro atoms. The Kier molecular flexibility index (Phi) is 5.02. The van der Waals surface area contributed by atoms with Gasteiger partial charge in [-0.1, -0.05) is 12.1 Å². The number of para-hydroxylation sites is 1. The lowest BCUT2D eigenvalue weighted by Gasteiger charge is -2.23. The van der Waals surface area contributed by atoms with Crippen molar-refractivity contribution in [2.75, 3.05) is 20.3 Å². The predicted octanol–water partition coefficient (Wildman–Crippen LogP) is 3.04. The maximum Gasteiger partial charge on any atom is 0.573 e. The lowest BCUT2D eigenvalue weighted by molar-refractivity contribution is -0.274. The standard InChI is InChI=1S/C18H18F3N3O3S/c1-26-9-10-6-11(7-22-10)24-8-13-15(17(24)25)28-16(23-13)12-4-2-3-5-14(12)27-18(19,20)21/h2-5,10-11,22H,6-9H2,1H3/t10-,11+/m0/s1. The highest BCUT2D eigenvalue weighted by atomic mass is 32.1. The Hall–Kier alpha value is -2.17. The molecule has 1 fully saturated rings. The SMILES string of the molecule is COC[C@@H]1C[C@@H](N2Cc3nc(-c4ccccc4OC(F)(F)F)sc3C2=O)CN1. The summed E-state index contributed by atoms with van der Waals surface area (Å²) in [5, 5.41) is 3.68. The fourth-order valence-corrected chi connectivity index (χ4v) is 4.68. The summed E-state index contributed by atoms with van der Waals surface area (Å²) in [5.41, 5.74) is 0.822. The van der Waals surface area contributed by atoms with Gasteiger partial charge >= 0.3 is 6.36 Å². The Morgan fingerprint density at radius 2 is 2.14 bits per heavy atom. The van der Waals surface area contributed by atoms with Crippen LogP contribution in [0, 0.1) is 0 Å². The van der Waals surface area contributed by atoms with Crippen LogP contribution in [0.15, 0.2) is 24.3 Å². The van der Waals surface area contributed by atoms with Crippen LogP contribution in [0.4, 0.5) is 13.2 Å². The van der Waals surface area contributed by atoms with Gasteiger partial charge in [0, 0.05) is 25.7 Å². The van der Waals surface area contributed by atoms with E-state index in [1.165, 1.54) is 18.2 Å². The maximum atomic E-state index is 12.8. The molecule has 150 valence electrons. The third kappa shape index (κ3) is 3.71. The highest BCUT2D eigenvalue weighted by Gasteiger charge is 2.39. The average molecular weight is 413 g/mol. The number of alkyl halides is 3. The first-order valence-electron chi connectivity index (χ1n) is 8.74. The molecule has 1 amide bonds. The number of fused-ring (bicyclic) bond motifs is 1. The van der Waals surface area contributed by atoms with Gasteiger partial charge in [0.2, 0.25) is 0 Å². The largest absolute Gasteiger partial charge is 0.573 e. The van der Waals surface area contributed by atoms with Crippen molar-refractivity contribution < 1.29 is 27.4 Å². The normalized spacial score (nSPS) is 22.0. The Balaban J connectivity index is 1.54.